The molecule has 4 nitrogen and oxygen atoms in total. The molecule has 1 N–H and O–H groups in total. The molecule has 1 unspecified atom stereocenters. The summed E-state index contributed by atoms with van der Waals surface area (Å²) in [6.45, 7) is 2.55. The van der Waals surface area contributed by atoms with Gasteiger partial charge in [-0.15, -0.1) is 0 Å². The van der Waals surface area contributed by atoms with Crippen LogP contribution in [0.15, 0.2) is 24.4 Å². The van der Waals surface area contributed by atoms with Gasteiger partial charge in [0, 0.05) is 37.3 Å². The summed E-state index contributed by atoms with van der Waals surface area (Å²) in [7, 11) is 3.77. The van der Waals surface area contributed by atoms with Crippen LogP contribution in [0.2, 0.25) is 0 Å². The number of benzene rings is 1. The molecule has 1 saturated heterocycles. The fraction of sp³-hybridized carbons (Fsp3) is 0.429. The molecule has 0 aliphatic carbocycles. The molecule has 18 heavy (non-hydrogen) atoms. The Morgan fingerprint density at radius 3 is 3.06 bits per heavy atom. The van der Waals surface area contributed by atoms with Gasteiger partial charge in [-0.3, -0.25) is 0 Å². The number of hydrogen-bond donors (Lipinski definition) is 1. The summed E-state index contributed by atoms with van der Waals surface area (Å²) in [5, 5.41) is 4.53. The second kappa shape index (κ2) is 4.63. The van der Waals surface area contributed by atoms with Crippen molar-refractivity contribution >= 4 is 10.9 Å². The molecule has 1 fully saturated rings. The molecule has 0 bridgehead atoms. The van der Waals surface area contributed by atoms with E-state index >= 15 is 0 Å². The molecule has 0 amide bonds. The number of fused-ring (bicyclic) bond motifs is 1. The summed E-state index contributed by atoms with van der Waals surface area (Å²) in [5.41, 5.74) is 2.38. The Labute approximate surface area is 106 Å². The SMILES string of the molecule is COc1cccc2c1c(C1CNCCO1)cn2C. The molecule has 4 heteroatoms. The predicted octanol–water partition coefficient (Wildman–Crippen LogP) is 1.85. The Kier molecular flexibility index (Phi) is 2.97. The number of methoxy groups -OCH3 is 1. The molecule has 3 rings (SSSR count). The first-order valence-corrected chi connectivity index (χ1v) is 6.25. The third-order valence-electron chi connectivity index (χ3n) is 3.50. The standard InChI is InChI=1S/C14H18N2O2/c1-16-9-10(13-8-15-6-7-18-13)14-11(16)4-3-5-12(14)17-2/h3-5,9,13,15H,6-8H2,1-2H3. The molecule has 2 heterocycles. The molecule has 1 aromatic heterocycles. The van der Waals surface area contributed by atoms with Crippen molar-refractivity contribution in [2.75, 3.05) is 26.8 Å². The number of morpholine rings is 1. The Morgan fingerprint density at radius 1 is 1.44 bits per heavy atom. The summed E-state index contributed by atoms with van der Waals surface area (Å²) in [5.74, 6) is 0.914. The molecule has 1 aliphatic heterocycles. The summed E-state index contributed by atoms with van der Waals surface area (Å²) in [4.78, 5) is 0. The molecule has 1 aliphatic rings. The van der Waals surface area contributed by atoms with Gasteiger partial charge < -0.3 is 19.4 Å². The van der Waals surface area contributed by atoms with Crippen molar-refractivity contribution < 1.29 is 9.47 Å². The highest BCUT2D eigenvalue weighted by Gasteiger charge is 2.22. The van der Waals surface area contributed by atoms with Crippen LogP contribution in [0.25, 0.3) is 10.9 Å². The predicted molar refractivity (Wildman–Crippen MR) is 71.0 cm³/mol. The second-order valence-corrected chi connectivity index (χ2v) is 4.61. The highest BCUT2D eigenvalue weighted by molar-refractivity contribution is 5.90. The van der Waals surface area contributed by atoms with Crippen molar-refractivity contribution in [3.8, 4) is 5.75 Å². The minimum absolute atomic E-state index is 0.110. The normalized spacial score (nSPS) is 20.2. The molecular weight excluding hydrogens is 228 g/mol. The monoisotopic (exact) mass is 246 g/mol. The van der Waals surface area contributed by atoms with E-state index in [1.807, 2.05) is 12.1 Å². The number of nitrogens with zero attached hydrogens (tertiary/aromatic N) is 1. The zero-order valence-corrected chi connectivity index (χ0v) is 10.8. The van der Waals surface area contributed by atoms with E-state index in [2.05, 4.69) is 29.2 Å². The molecule has 2 aromatic rings. The highest BCUT2D eigenvalue weighted by Crippen LogP contribution is 2.35. The Bertz CT molecular complexity index is 556. The summed E-state index contributed by atoms with van der Waals surface area (Å²) in [6.07, 6.45) is 2.25. The fourth-order valence-corrected chi connectivity index (χ4v) is 2.63. The summed E-state index contributed by atoms with van der Waals surface area (Å²) in [6, 6.07) is 6.13. The minimum Gasteiger partial charge on any atom is -0.496 e. The smallest absolute Gasteiger partial charge is 0.128 e. The zero-order chi connectivity index (χ0) is 12.5. The van der Waals surface area contributed by atoms with Crippen molar-refractivity contribution in [3.63, 3.8) is 0 Å². The van der Waals surface area contributed by atoms with Crippen LogP contribution in [0.4, 0.5) is 0 Å². The van der Waals surface area contributed by atoms with Gasteiger partial charge in [-0.25, -0.2) is 0 Å². The molecule has 1 aromatic carbocycles. The molecule has 0 saturated carbocycles. The first kappa shape index (κ1) is 11.6. The van der Waals surface area contributed by atoms with Crippen molar-refractivity contribution in [3.05, 3.63) is 30.0 Å². The van der Waals surface area contributed by atoms with Crippen LogP contribution in [0.3, 0.4) is 0 Å². The summed E-state index contributed by atoms with van der Waals surface area (Å²) >= 11 is 0. The number of ether oxygens (including phenoxy) is 2. The van der Waals surface area contributed by atoms with E-state index in [1.165, 1.54) is 11.1 Å². The largest absolute Gasteiger partial charge is 0.496 e. The number of rotatable bonds is 2. The van der Waals surface area contributed by atoms with Gasteiger partial charge in [-0.2, -0.15) is 0 Å². The van der Waals surface area contributed by atoms with E-state index in [0.29, 0.717) is 0 Å². The van der Waals surface area contributed by atoms with Crippen LogP contribution < -0.4 is 10.1 Å². The second-order valence-electron chi connectivity index (χ2n) is 4.61. The maximum atomic E-state index is 5.85. The van der Waals surface area contributed by atoms with E-state index in [4.69, 9.17) is 9.47 Å². The zero-order valence-electron chi connectivity index (χ0n) is 10.8. The minimum atomic E-state index is 0.110. The van der Waals surface area contributed by atoms with Gasteiger partial charge in [-0.05, 0) is 12.1 Å². The van der Waals surface area contributed by atoms with Crippen LogP contribution >= 0.6 is 0 Å². The molecule has 1 atom stereocenters. The topological polar surface area (TPSA) is 35.4 Å². The average molecular weight is 246 g/mol. The Balaban J connectivity index is 2.15. The van der Waals surface area contributed by atoms with Crippen LogP contribution in [0.1, 0.15) is 11.7 Å². The molecule has 0 radical (unpaired) electrons. The highest BCUT2D eigenvalue weighted by atomic mass is 16.5. The number of hydrogen-bond acceptors (Lipinski definition) is 3. The Morgan fingerprint density at radius 2 is 2.33 bits per heavy atom. The molecular formula is C14H18N2O2. The lowest BCUT2D eigenvalue weighted by molar-refractivity contribution is 0.0284. The number of nitrogens with one attached hydrogen (secondary N) is 1. The van der Waals surface area contributed by atoms with Crippen LogP contribution in [-0.2, 0) is 11.8 Å². The van der Waals surface area contributed by atoms with Gasteiger partial charge in [0.25, 0.3) is 0 Å². The van der Waals surface area contributed by atoms with Crippen molar-refractivity contribution in [2.45, 2.75) is 6.10 Å². The van der Waals surface area contributed by atoms with Gasteiger partial charge in [0.05, 0.1) is 25.3 Å². The summed E-state index contributed by atoms with van der Waals surface area (Å²) < 4.78 is 13.5. The molecule has 0 spiro atoms. The van der Waals surface area contributed by atoms with Crippen molar-refractivity contribution in [1.82, 2.24) is 9.88 Å². The van der Waals surface area contributed by atoms with E-state index in [9.17, 15) is 0 Å². The van der Waals surface area contributed by atoms with Gasteiger partial charge in [0.2, 0.25) is 0 Å². The van der Waals surface area contributed by atoms with Gasteiger partial charge in [0.1, 0.15) is 5.75 Å². The average Bonchev–Trinajstić information content (AvgIpc) is 2.77. The lowest BCUT2D eigenvalue weighted by Crippen LogP contribution is -2.33. The lowest BCUT2D eigenvalue weighted by Gasteiger charge is -2.23. The third-order valence-corrected chi connectivity index (χ3v) is 3.50. The number of aromatic nitrogens is 1. The van der Waals surface area contributed by atoms with E-state index in [1.54, 1.807) is 7.11 Å². The van der Waals surface area contributed by atoms with Crippen LogP contribution in [-0.4, -0.2) is 31.4 Å². The quantitative estimate of drug-likeness (QED) is 0.878. The first-order chi connectivity index (χ1) is 8.81. The third kappa shape index (κ3) is 1.78. The van der Waals surface area contributed by atoms with Crippen LogP contribution in [0, 0.1) is 0 Å². The van der Waals surface area contributed by atoms with Gasteiger partial charge >= 0.3 is 0 Å². The van der Waals surface area contributed by atoms with Crippen molar-refractivity contribution in [2.24, 2.45) is 7.05 Å². The van der Waals surface area contributed by atoms with E-state index < -0.39 is 0 Å². The fourth-order valence-electron chi connectivity index (χ4n) is 2.63. The van der Waals surface area contributed by atoms with Crippen LogP contribution in [0.5, 0.6) is 5.75 Å². The lowest BCUT2D eigenvalue weighted by atomic mass is 10.1. The number of aryl methyl sites for hydroxylation is 1. The van der Waals surface area contributed by atoms with Crippen molar-refractivity contribution in [1.29, 1.82) is 0 Å². The van der Waals surface area contributed by atoms with E-state index in [-0.39, 0.29) is 6.10 Å². The van der Waals surface area contributed by atoms with E-state index in [0.717, 1.165) is 30.8 Å². The molecule has 96 valence electrons. The van der Waals surface area contributed by atoms with Gasteiger partial charge in [-0.1, -0.05) is 6.07 Å². The van der Waals surface area contributed by atoms with Gasteiger partial charge in [0.15, 0.2) is 0 Å². The first-order valence-electron chi connectivity index (χ1n) is 6.25. The maximum absolute atomic E-state index is 5.85. The Hall–Kier alpha value is -1.52. The maximum Gasteiger partial charge on any atom is 0.128 e.